The van der Waals surface area contributed by atoms with Gasteiger partial charge in [0.15, 0.2) is 0 Å². The van der Waals surface area contributed by atoms with E-state index in [2.05, 4.69) is 5.32 Å². The van der Waals surface area contributed by atoms with E-state index in [1.54, 1.807) is 0 Å². The number of amides is 2. The Morgan fingerprint density at radius 3 is 2.47 bits per heavy atom. The van der Waals surface area contributed by atoms with E-state index in [0.717, 1.165) is 17.7 Å². The molecule has 0 aromatic carbocycles. The Morgan fingerprint density at radius 2 is 1.95 bits per heavy atom. The summed E-state index contributed by atoms with van der Waals surface area (Å²) in [4.78, 5) is 23.2. The number of hydrogen-bond acceptors (Lipinski definition) is 3. The van der Waals surface area contributed by atoms with Crippen LogP contribution in [0.2, 0.25) is 0 Å². The maximum Gasteiger partial charge on any atom is 0.255 e. The van der Waals surface area contributed by atoms with Crippen molar-refractivity contribution in [2.24, 2.45) is 0 Å². The lowest BCUT2D eigenvalue weighted by Gasteiger charge is -2.21. The quantitative estimate of drug-likeness (QED) is 0.581. The van der Waals surface area contributed by atoms with Crippen molar-refractivity contribution in [1.82, 2.24) is 10.2 Å². The van der Waals surface area contributed by atoms with Crippen molar-refractivity contribution in [1.29, 1.82) is 0 Å². The second kappa shape index (κ2) is 10.7. The lowest BCUT2D eigenvalue weighted by molar-refractivity contribution is -0.133. The van der Waals surface area contributed by atoms with Gasteiger partial charge in [-0.3, -0.25) is 9.59 Å². The van der Waals surface area contributed by atoms with E-state index in [0.29, 0.717) is 13.0 Å². The van der Waals surface area contributed by atoms with E-state index in [-0.39, 0.29) is 31.4 Å². The fraction of sp³-hybridized carbons (Fsp3) is 0.833. The van der Waals surface area contributed by atoms with E-state index in [1.165, 1.54) is 6.92 Å². The monoisotopic (exact) mass is 280 g/mol. The van der Waals surface area contributed by atoms with Crippen molar-refractivity contribution in [3.05, 3.63) is 0 Å². The summed E-state index contributed by atoms with van der Waals surface area (Å²) in [6.45, 7) is 0.975. The molecule has 0 heterocycles. The smallest absolute Gasteiger partial charge is 0.255 e. The van der Waals surface area contributed by atoms with Gasteiger partial charge in [-0.1, -0.05) is 6.42 Å². The first kappa shape index (κ1) is 17.8. The zero-order valence-corrected chi connectivity index (χ0v) is 11.2. The summed E-state index contributed by atoms with van der Waals surface area (Å²) in [6.07, 6.45) is -0.318. The SMILES string of the molecule is CC(=O)NCCCCCC(=O)N(CCO)CC(F)F. The number of carbonyl (C=O) groups excluding carboxylic acids is 2. The second-order valence-corrected chi connectivity index (χ2v) is 4.25. The molecule has 0 saturated carbocycles. The number of unbranched alkanes of at least 4 members (excludes halogenated alkanes) is 2. The van der Waals surface area contributed by atoms with Gasteiger partial charge in [-0.2, -0.15) is 0 Å². The minimum atomic E-state index is -2.59. The molecule has 0 unspecified atom stereocenters. The van der Waals surface area contributed by atoms with Crippen LogP contribution < -0.4 is 5.32 Å². The van der Waals surface area contributed by atoms with Crippen molar-refractivity contribution >= 4 is 11.8 Å². The molecule has 0 aliphatic heterocycles. The highest BCUT2D eigenvalue weighted by Gasteiger charge is 2.16. The molecule has 2 N–H and O–H groups in total. The summed E-state index contributed by atoms with van der Waals surface area (Å²) in [5.74, 6) is -0.462. The third-order valence-electron chi connectivity index (χ3n) is 2.52. The summed E-state index contributed by atoms with van der Waals surface area (Å²) in [7, 11) is 0. The molecule has 0 aliphatic rings. The molecule has 2 amide bonds. The van der Waals surface area contributed by atoms with Gasteiger partial charge in [-0.05, 0) is 12.8 Å². The van der Waals surface area contributed by atoms with Gasteiger partial charge >= 0.3 is 0 Å². The number of aliphatic hydroxyl groups is 1. The number of aliphatic hydroxyl groups excluding tert-OH is 1. The van der Waals surface area contributed by atoms with Crippen LogP contribution in [0.4, 0.5) is 8.78 Å². The van der Waals surface area contributed by atoms with Crippen LogP contribution in [0, 0.1) is 0 Å². The predicted octanol–water partition coefficient (Wildman–Crippen LogP) is 0.769. The average Bonchev–Trinajstić information content (AvgIpc) is 2.31. The molecule has 0 fully saturated rings. The fourth-order valence-electron chi connectivity index (χ4n) is 1.61. The van der Waals surface area contributed by atoms with Gasteiger partial charge in [0.1, 0.15) is 0 Å². The average molecular weight is 280 g/mol. The zero-order chi connectivity index (χ0) is 14.7. The first-order valence-electron chi connectivity index (χ1n) is 6.38. The van der Waals surface area contributed by atoms with E-state index in [4.69, 9.17) is 5.11 Å². The van der Waals surface area contributed by atoms with Crippen LogP contribution >= 0.6 is 0 Å². The number of hydrogen-bond donors (Lipinski definition) is 2. The molecule has 0 aromatic rings. The summed E-state index contributed by atoms with van der Waals surface area (Å²) >= 11 is 0. The van der Waals surface area contributed by atoms with Crippen LogP contribution in [0.25, 0.3) is 0 Å². The highest BCUT2D eigenvalue weighted by Crippen LogP contribution is 2.05. The van der Waals surface area contributed by atoms with Gasteiger partial charge < -0.3 is 15.3 Å². The molecule has 0 rings (SSSR count). The molecule has 0 bridgehead atoms. The zero-order valence-electron chi connectivity index (χ0n) is 11.2. The van der Waals surface area contributed by atoms with Crippen molar-refractivity contribution in [3.63, 3.8) is 0 Å². The Balaban J connectivity index is 3.77. The van der Waals surface area contributed by atoms with Crippen LogP contribution in [0.3, 0.4) is 0 Å². The van der Waals surface area contributed by atoms with Crippen molar-refractivity contribution in [3.8, 4) is 0 Å². The standard InChI is InChI=1S/C12H22F2N2O3/c1-10(18)15-6-4-2-3-5-12(19)16(7-8-17)9-11(13)14/h11,17H,2-9H2,1H3,(H,15,18). The van der Waals surface area contributed by atoms with E-state index < -0.39 is 13.0 Å². The lowest BCUT2D eigenvalue weighted by Crippen LogP contribution is -2.37. The van der Waals surface area contributed by atoms with Gasteiger partial charge in [0.25, 0.3) is 6.43 Å². The van der Waals surface area contributed by atoms with Crippen LogP contribution in [0.1, 0.15) is 32.6 Å². The highest BCUT2D eigenvalue weighted by atomic mass is 19.3. The number of halogens is 2. The van der Waals surface area contributed by atoms with Crippen LogP contribution in [0.5, 0.6) is 0 Å². The number of rotatable bonds is 10. The molecule has 5 nitrogen and oxygen atoms in total. The Hall–Kier alpha value is -1.24. The third kappa shape index (κ3) is 10.4. The van der Waals surface area contributed by atoms with Gasteiger partial charge in [-0.25, -0.2) is 8.78 Å². The van der Waals surface area contributed by atoms with Gasteiger partial charge in [0, 0.05) is 26.4 Å². The van der Waals surface area contributed by atoms with Crippen LogP contribution in [-0.4, -0.2) is 54.5 Å². The molecule has 112 valence electrons. The van der Waals surface area contributed by atoms with Crippen LogP contribution in [0.15, 0.2) is 0 Å². The Morgan fingerprint density at radius 1 is 1.26 bits per heavy atom. The van der Waals surface area contributed by atoms with Gasteiger partial charge in [-0.15, -0.1) is 0 Å². The number of carbonyl (C=O) groups is 2. The Kier molecular flexibility index (Phi) is 9.97. The largest absolute Gasteiger partial charge is 0.395 e. The lowest BCUT2D eigenvalue weighted by atomic mass is 10.1. The number of nitrogens with one attached hydrogen (secondary N) is 1. The van der Waals surface area contributed by atoms with E-state index in [9.17, 15) is 18.4 Å². The minimum Gasteiger partial charge on any atom is -0.395 e. The molecule has 0 atom stereocenters. The molecule has 0 aromatic heterocycles. The topological polar surface area (TPSA) is 69.6 Å². The second-order valence-electron chi connectivity index (χ2n) is 4.25. The summed E-state index contributed by atoms with van der Waals surface area (Å²) < 4.78 is 24.4. The van der Waals surface area contributed by atoms with E-state index in [1.807, 2.05) is 0 Å². The number of alkyl halides is 2. The van der Waals surface area contributed by atoms with Crippen molar-refractivity contribution in [2.75, 3.05) is 26.2 Å². The Labute approximate surface area is 112 Å². The molecular formula is C12H22F2N2O3. The molecule has 0 radical (unpaired) electrons. The maximum atomic E-state index is 12.2. The fourth-order valence-corrected chi connectivity index (χ4v) is 1.61. The molecule has 0 aliphatic carbocycles. The van der Waals surface area contributed by atoms with Gasteiger partial charge in [0.05, 0.1) is 13.2 Å². The van der Waals surface area contributed by atoms with Crippen LogP contribution in [-0.2, 0) is 9.59 Å². The van der Waals surface area contributed by atoms with Gasteiger partial charge in [0.2, 0.25) is 11.8 Å². The summed E-state index contributed by atoms with van der Waals surface area (Å²) in [6, 6.07) is 0. The van der Waals surface area contributed by atoms with E-state index >= 15 is 0 Å². The third-order valence-corrected chi connectivity index (χ3v) is 2.52. The molecule has 0 spiro atoms. The van der Waals surface area contributed by atoms with Crippen molar-refractivity contribution in [2.45, 2.75) is 39.0 Å². The normalized spacial score (nSPS) is 10.6. The molecular weight excluding hydrogens is 258 g/mol. The summed E-state index contributed by atoms with van der Waals surface area (Å²) in [5.41, 5.74) is 0. The number of nitrogens with zero attached hydrogens (tertiary/aromatic N) is 1. The summed E-state index contributed by atoms with van der Waals surface area (Å²) in [5, 5.41) is 11.3. The molecule has 0 saturated heterocycles. The Bertz CT molecular complexity index is 276. The maximum absolute atomic E-state index is 12.2. The van der Waals surface area contributed by atoms with Crippen molar-refractivity contribution < 1.29 is 23.5 Å². The first-order chi connectivity index (χ1) is 8.97. The molecule has 19 heavy (non-hydrogen) atoms. The highest BCUT2D eigenvalue weighted by molar-refractivity contribution is 5.76. The minimum absolute atomic E-state index is 0.0605. The predicted molar refractivity (Wildman–Crippen MR) is 66.8 cm³/mol. The molecule has 7 heteroatoms. The first-order valence-corrected chi connectivity index (χ1v) is 6.38.